The fourth-order valence-corrected chi connectivity index (χ4v) is 1.99. The van der Waals surface area contributed by atoms with Gasteiger partial charge in [-0.15, -0.1) is 0 Å². The van der Waals surface area contributed by atoms with Crippen molar-refractivity contribution in [2.75, 3.05) is 18.5 Å². The number of nitrogens with zero attached hydrogens (tertiary/aromatic N) is 1. The van der Waals surface area contributed by atoms with Gasteiger partial charge >= 0.3 is 6.09 Å². The van der Waals surface area contributed by atoms with Crippen molar-refractivity contribution in [1.29, 1.82) is 0 Å². The first-order valence-corrected chi connectivity index (χ1v) is 5.43. The number of amides is 2. The molecule has 1 aliphatic rings. The molecule has 17 heavy (non-hydrogen) atoms. The highest BCUT2D eigenvalue weighted by Crippen LogP contribution is 2.28. The summed E-state index contributed by atoms with van der Waals surface area (Å²) in [7, 11) is 1.76. The van der Waals surface area contributed by atoms with E-state index in [1.807, 2.05) is 18.2 Å². The summed E-state index contributed by atoms with van der Waals surface area (Å²) >= 11 is 0. The maximum atomic E-state index is 11.5. The number of carbonyl (C=O) groups excluding carboxylic acids is 1. The van der Waals surface area contributed by atoms with Crippen LogP contribution in [0.1, 0.15) is 11.1 Å². The first-order valence-electron chi connectivity index (χ1n) is 5.43. The minimum atomic E-state index is -1.01. The van der Waals surface area contributed by atoms with Crippen LogP contribution in [0.2, 0.25) is 0 Å². The number of carboxylic acid groups (broad SMARTS) is 1. The van der Waals surface area contributed by atoms with E-state index >= 15 is 0 Å². The minimum Gasteiger partial charge on any atom is -0.465 e. The van der Waals surface area contributed by atoms with E-state index in [1.165, 1.54) is 0 Å². The summed E-state index contributed by atoms with van der Waals surface area (Å²) in [5.41, 5.74) is 3.01. The fraction of sp³-hybridized carbons (Fsp3) is 0.333. The van der Waals surface area contributed by atoms with Crippen molar-refractivity contribution < 1.29 is 14.7 Å². The molecule has 90 valence electrons. The molecule has 0 atom stereocenters. The number of carbonyl (C=O) groups is 2. The molecule has 0 radical (unpaired) electrons. The van der Waals surface area contributed by atoms with E-state index in [-0.39, 0.29) is 5.91 Å². The lowest BCUT2D eigenvalue weighted by atomic mass is 10.1. The SMILES string of the molecule is CN1C(=O)Cc2cc(CCNC(=O)O)ccc21. The molecule has 1 aromatic rings. The van der Waals surface area contributed by atoms with Crippen LogP contribution in [0.25, 0.3) is 0 Å². The molecule has 1 heterocycles. The van der Waals surface area contributed by atoms with Gasteiger partial charge in [-0.25, -0.2) is 4.79 Å². The Morgan fingerprint density at radius 2 is 2.29 bits per heavy atom. The van der Waals surface area contributed by atoms with Crippen molar-refractivity contribution >= 4 is 17.7 Å². The van der Waals surface area contributed by atoms with E-state index in [0.29, 0.717) is 19.4 Å². The molecule has 1 aliphatic heterocycles. The van der Waals surface area contributed by atoms with Crippen LogP contribution >= 0.6 is 0 Å². The summed E-state index contributed by atoms with van der Waals surface area (Å²) in [4.78, 5) is 23.4. The van der Waals surface area contributed by atoms with E-state index in [2.05, 4.69) is 5.32 Å². The zero-order valence-electron chi connectivity index (χ0n) is 9.56. The Labute approximate surface area is 99.0 Å². The number of hydrogen-bond acceptors (Lipinski definition) is 2. The van der Waals surface area contributed by atoms with Crippen molar-refractivity contribution in [2.24, 2.45) is 0 Å². The number of rotatable bonds is 3. The Bertz CT molecular complexity index is 471. The molecule has 0 bridgehead atoms. The lowest BCUT2D eigenvalue weighted by Gasteiger charge is -2.10. The van der Waals surface area contributed by atoms with Gasteiger partial charge < -0.3 is 15.3 Å². The topological polar surface area (TPSA) is 69.6 Å². The number of nitrogens with one attached hydrogen (secondary N) is 1. The Hall–Kier alpha value is -2.04. The molecule has 0 aromatic heterocycles. The quantitative estimate of drug-likeness (QED) is 0.820. The molecule has 5 heteroatoms. The third-order valence-electron chi connectivity index (χ3n) is 2.91. The van der Waals surface area contributed by atoms with Crippen LogP contribution in [-0.2, 0) is 17.6 Å². The second-order valence-corrected chi connectivity index (χ2v) is 4.07. The molecule has 0 spiro atoms. The third-order valence-corrected chi connectivity index (χ3v) is 2.91. The number of hydrogen-bond donors (Lipinski definition) is 2. The van der Waals surface area contributed by atoms with Gasteiger partial charge in [0, 0.05) is 19.3 Å². The van der Waals surface area contributed by atoms with Crippen molar-refractivity contribution in [1.82, 2.24) is 5.32 Å². The first kappa shape index (κ1) is 11.4. The molecular formula is C12H14N2O3. The van der Waals surface area contributed by atoms with Crippen LogP contribution < -0.4 is 10.2 Å². The van der Waals surface area contributed by atoms with Crippen molar-refractivity contribution in [2.45, 2.75) is 12.8 Å². The molecule has 0 unspecified atom stereocenters. The Kier molecular flexibility index (Phi) is 2.99. The van der Waals surface area contributed by atoms with E-state index < -0.39 is 6.09 Å². The van der Waals surface area contributed by atoms with Crippen LogP contribution in [0.3, 0.4) is 0 Å². The van der Waals surface area contributed by atoms with Gasteiger partial charge in [0.25, 0.3) is 0 Å². The summed E-state index contributed by atoms with van der Waals surface area (Å²) in [6.07, 6.45) is 0.0600. The van der Waals surface area contributed by atoms with Crippen molar-refractivity contribution in [3.8, 4) is 0 Å². The summed E-state index contributed by atoms with van der Waals surface area (Å²) in [5, 5.41) is 10.8. The number of fused-ring (bicyclic) bond motifs is 1. The molecule has 2 rings (SSSR count). The van der Waals surface area contributed by atoms with Crippen LogP contribution in [0.4, 0.5) is 10.5 Å². The number of benzene rings is 1. The molecule has 0 fully saturated rings. The lowest BCUT2D eigenvalue weighted by molar-refractivity contribution is -0.117. The van der Waals surface area contributed by atoms with E-state index in [9.17, 15) is 9.59 Å². The average Bonchev–Trinajstić information content (AvgIpc) is 2.54. The minimum absolute atomic E-state index is 0.0980. The van der Waals surface area contributed by atoms with E-state index in [4.69, 9.17) is 5.11 Å². The second kappa shape index (κ2) is 4.45. The normalized spacial score (nSPS) is 13.7. The zero-order valence-corrected chi connectivity index (χ0v) is 9.56. The second-order valence-electron chi connectivity index (χ2n) is 4.07. The molecule has 1 aromatic carbocycles. The standard InChI is InChI=1S/C12H14N2O3/c1-14-10-3-2-8(4-5-13-12(16)17)6-9(10)7-11(14)15/h2-3,6,13H,4-5,7H2,1H3,(H,16,17). The predicted octanol–water partition coefficient (Wildman–Crippen LogP) is 1.02. The average molecular weight is 234 g/mol. The van der Waals surface area contributed by atoms with Gasteiger partial charge in [-0.3, -0.25) is 4.79 Å². The highest BCUT2D eigenvalue weighted by atomic mass is 16.4. The highest BCUT2D eigenvalue weighted by Gasteiger charge is 2.23. The summed E-state index contributed by atoms with van der Waals surface area (Å²) in [5.74, 6) is 0.0980. The fourth-order valence-electron chi connectivity index (χ4n) is 1.99. The molecule has 5 nitrogen and oxygen atoms in total. The maximum absolute atomic E-state index is 11.5. The van der Waals surface area contributed by atoms with Gasteiger partial charge in [0.15, 0.2) is 0 Å². The zero-order chi connectivity index (χ0) is 12.4. The van der Waals surface area contributed by atoms with Gasteiger partial charge in [-0.2, -0.15) is 0 Å². The lowest BCUT2D eigenvalue weighted by Crippen LogP contribution is -2.23. The summed E-state index contributed by atoms with van der Waals surface area (Å²) in [6, 6.07) is 5.81. The highest BCUT2D eigenvalue weighted by molar-refractivity contribution is 6.00. The predicted molar refractivity (Wildman–Crippen MR) is 63.3 cm³/mol. The van der Waals surface area contributed by atoms with Crippen LogP contribution in [0, 0.1) is 0 Å². The molecule has 0 saturated carbocycles. The number of anilines is 1. The Morgan fingerprint density at radius 1 is 1.53 bits per heavy atom. The number of likely N-dealkylation sites (N-methyl/N-ethyl adjacent to an activating group) is 1. The van der Waals surface area contributed by atoms with Gasteiger partial charge in [0.1, 0.15) is 0 Å². The Balaban J connectivity index is 2.05. The van der Waals surface area contributed by atoms with Gasteiger partial charge in [-0.1, -0.05) is 12.1 Å². The maximum Gasteiger partial charge on any atom is 0.404 e. The van der Waals surface area contributed by atoms with Crippen LogP contribution in [0.5, 0.6) is 0 Å². The van der Waals surface area contributed by atoms with Crippen molar-refractivity contribution in [3.63, 3.8) is 0 Å². The van der Waals surface area contributed by atoms with Crippen molar-refractivity contribution in [3.05, 3.63) is 29.3 Å². The molecule has 2 amide bonds. The monoisotopic (exact) mass is 234 g/mol. The van der Waals surface area contributed by atoms with Gasteiger partial charge in [0.2, 0.25) is 5.91 Å². The summed E-state index contributed by atoms with van der Waals surface area (Å²) in [6.45, 7) is 0.387. The Morgan fingerprint density at radius 3 is 3.00 bits per heavy atom. The molecule has 0 saturated heterocycles. The summed E-state index contributed by atoms with van der Waals surface area (Å²) < 4.78 is 0. The van der Waals surface area contributed by atoms with E-state index in [1.54, 1.807) is 11.9 Å². The van der Waals surface area contributed by atoms with Gasteiger partial charge in [-0.05, 0) is 23.6 Å². The van der Waals surface area contributed by atoms with Gasteiger partial charge in [0.05, 0.1) is 6.42 Å². The molecule has 0 aliphatic carbocycles. The first-order chi connectivity index (χ1) is 8.08. The van der Waals surface area contributed by atoms with E-state index in [0.717, 1.165) is 16.8 Å². The van der Waals surface area contributed by atoms with Crippen LogP contribution in [0.15, 0.2) is 18.2 Å². The largest absolute Gasteiger partial charge is 0.465 e. The third kappa shape index (κ3) is 2.38. The van der Waals surface area contributed by atoms with Crippen LogP contribution in [-0.4, -0.2) is 30.7 Å². The molecular weight excluding hydrogens is 220 g/mol. The smallest absolute Gasteiger partial charge is 0.404 e. The molecule has 2 N–H and O–H groups in total.